The molecule has 1 heterocycles. The molecule has 0 radical (unpaired) electrons. The molecule has 1 amide bonds. The van der Waals surface area contributed by atoms with Crippen molar-refractivity contribution in [2.45, 2.75) is 19.3 Å². The summed E-state index contributed by atoms with van der Waals surface area (Å²) in [6, 6.07) is 0. The molecule has 2 fully saturated rings. The SMILES string of the molecule is NCC1CN(C(=O)C2CCC2)C1. The van der Waals surface area contributed by atoms with E-state index in [2.05, 4.69) is 0 Å². The van der Waals surface area contributed by atoms with Crippen LogP contribution in [0.1, 0.15) is 19.3 Å². The van der Waals surface area contributed by atoms with Crippen molar-refractivity contribution in [1.82, 2.24) is 4.90 Å². The highest BCUT2D eigenvalue weighted by molar-refractivity contribution is 5.80. The fourth-order valence-corrected chi connectivity index (χ4v) is 1.81. The van der Waals surface area contributed by atoms with Crippen LogP contribution in [0.3, 0.4) is 0 Å². The third-order valence-electron chi connectivity index (χ3n) is 3.06. The normalized spacial score (nSPS) is 24.9. The maximum Gasteiger partial charge on any atom is 0.225 e. The lowest BCUT2D eigenvalue weighted by Gasteiger charge is -2.42. The molecule has 0 spiro atoms. The molecule has 0 aromatic rings. The second-order valence-corrected chi connectivity index (χ2v) is 3.97. The van der Waals surface area contributed by atoms with E-state index < -0.39 is 0 Å². The van der Waals surface area contributed by atoms with Gasteiger partial charge in [-0.1, -0.05) is 6.42 Å². The van der Waals surface area contributed by atoms with Gasteiger partial charge in [-0.3, -0.25) is 4.79 Å². The molecule has 2 rings (SSSR count). The summed E-state index contributed by atoms with van der Waals surface area (Å²) in [7, 11) is 0. The fraction of sp³-hybridized carbons (Fsp3) is 0.889. The maximum atomic E-state index is 11.6. The van der Waals surface area contributed by atoms with Gasteiger partial charge in [0.05, 0.1) is 0 Å². The molecule has 2 N–H and O–H groups in total. The lowest BCUT2D eigenvalue weighted by molar-refractivity contribution is -0.144. The molecule has 0 aromatic carbocycles. The number of amides is 1. The smallest absolute Gasteiger partial charge is 0.225 e. The number of likely N-dealkylation sites (tertiary alicyclic amines) is 1. The molecular formula is C9H16N2O. The second kappa shape index (κ2) is 3.05. The first-order valence-electron chi connectivity index (χ1n) is 4.80. The number of carbonyl (C=O) groups excluding carboxylic acids is 1. The third kappa shape index (κ3) is 1.22. The van der Waals surface area contributed by atoms with Crippen molar-refractivity contribution in [3.8, 4) is 0 Å². The zero-order valence-corrected chi connectivity index (χ0v) is 7.33. The van der Waals surface area contributed by atoms with Crippen LogP contribution in [0.25, 0.3) is 0 Å². The Morgan fingerprint density at radius 3 is 2.50 bits per heavy atom. The van der Waals surface area contributed by atoms with Crippen molar-refractivity contribution < 1.29 is 4.79 Å². The van der Waals surface area contributed by atoms with Gasteiger partial charge in [-0.15, -0.1) is 0 Å². The van der Waals surface area contributed by atoms with Crippen LogP contribution in [-0.2, 0) is 4.79 Å². The van der Waals surface area contributed by atoms with E-state index in [1.54, 1.807) is 0 Å². The lowest BCUT2D eigenvalue weighted by Crippen LogP contribution is -2.55. The zero-order valence-electron chi connectivity index (χ0n) is 7.33. The Labute approximate surface area is 72.9 Å². The molecule has 0 unspecified atom stereocenters. The number of hydrogen-bond acceptors (Lipinski definition) is 2. The zero-order chi connectivity index (χ0) is 8.55. The number of nitrogens with zero attached hydrogens (tertiary/aromatic N) is 1. The molecule has 1 aliphatic carbocycles. The van der Waals surface area contributed by atoms with Crippen LogP contribution in [0.15, 0.2) is 0 Å². The quantitative estimate of drug-likeness (QED) is 0.640. The number of rotatable bonds is 2. The molecule has 1 saturated carbocycles. The standard InChI is InChI=1S/C9H16N2O/c10-4-7-5-11(6-7)9(12)8-2-1-3-8/h7-8H,1-6,10H2. The minimum Gasteiger partial charge on any atom is -0.342 e. The van der Waals surface area contributed by atoms with Crippen molar-refractivity contribution in [3.05, 3.63) is 0 Å². The van der Waals surface area contributed by atoms with E-state index >= 15 is 0 Å². The number of nitrogens with two attached hydrogens (primary N) is 1. The Morgan fingerprint density at radius 1 is 1.42 bits per heavy atom. The van der Waals surface area contributed by atoms with E-state index in [0.717, 1.165) is 32.5 Å². The number of hydrogen-bond donors (Lipinski definition) is 1. The van der Waals surface area contributed by atoms with Crippen LogP contribution in [0.5, 0.6) is 0 Å². The van der Waals surface area contributed by atoms with Crippen LogP contribution in [0.4, 0.5) is 0 Å². The first-order valence-corrected chi connectivity index (χ1v) is 4.80. The van der Waals surface area contributed by atoms with Gasteiger partial charge < -0.3 is 10.6 Å². The highest BCUT2D eigenvalue weighted by atomic mass is 16.2. The van der Waals surface area contributed by atoms with Crippen LogP contribution >= 0.6 is 0 Å². The van der Waals surface area contributed by atoms with E-state index in [0.29, 0.717) is 17.7 Å². The topological polar surface area (TPSA) is 46.3 Å². The molecule has 1 saturated heterocycles. The molecular weight excluding hydrogens is 152 g/mol. The van der Waals surface area contributed by atoms with Crippen LogP contribution in [0, 0.1) is 11.8 Å². The highest BCUT2D eigenvalue weighted by Gasteiger charge is 2.35. The van der Waals surface area contributed by atoms with Gasteiger partial charge in [0, 0.05) is 24.9 Å². The van der Waals surface area contributed by atoms with Gasteiger partial charge in [-0.2, -0.15) is 0 Å². The minimum atomic E-state index is 0.365. The minimum absolute atomic E-state index is 0.365. The summed E-state index contributed by atoms with van der Waals surface area (Å²) >= 11 is 0. The molecule has 3 heteroatoms. The second-order valence-electron chi connectivity index (χ2n) is 3.97. The summed E-state index contributed by atoms with van der Waals surface area (Å²) < 4.78 is 0. The van der Waals surface area contributed by atoms with Gasteiger partial charge in [0.15, 0.2) is 0 Å². The lowest BCUT2D eigenvalue weighted by atomic mass is 9.83. The summed E-state index contributed by atoms with van der Waals surface area (Å²) in [6.45, 7) is 2.55. The Morgan fingerprint density at radius 2 is 2.08 bits per heavy atom. The molecule has 0 aromatic heterocycles. The predicted molar refractivity (Wildman–Crippen MR) is 46.5 cm³/mol. The van der Waals surface area contributed by atoms with Crippen LogP contribution in [0.2, 0.25) is 0 Å². The average molecular weight is 168 g/mol. The van der Waals surface area contributed by atoms with Gasteiger partial charge in [0.25, 0.3) is 0 Å². The Hall–Kier alpha value is -0.570. The summed E-state index contributed by atoms with van der Waals surface area (Å²) in [5.41, 5.74) is 5.48. The largest absolute Gasteiger partial charge is 0.342 e. The summed E-state index contributed by atoms with van der Waals surface area (Å²) in [4.78, 5) is 13.5. The Bertz CT molecular complexity index is 183. The molecule has 2 aliphatic rings. The maximum absolute atomic E-state index is 11.6. The molecule has 12 heavy (non-hydrogen) atoms. The van der Waals surface area contributed by atoms with E-state index in [1.165, 1.54) is 6.42 Å². The van der Waals surface area contributed by atoms with E-state index in [4.69, 9.17) is 5.73 Å². The van der Waals surface area contributed by atoms with Gasteiger partial charge in [0.1, 0.15) is 0 Å². The summed E-state index contributed by atoms with van der Waals surface area (Å²) in [5, 5.41) is 0. The van der Waals surface area contributed by atoms with Gasteiger partial charge in [-0.05, 0) is 19.4 Å². The molecule has 68 valence electrons. The van der Waals surface area contributed by atoms with Crippen molar-refractivity contribution in [1.29, 1.82) is 0 Å². The first kappa shape index (κ1) is 8.05. The fourth-order valence-electron chi connectivity index (χ4n) is 1.81. The van der Waals surface area contributed by atoms with Gasteiger partial charge in [0.2, 0.25) is 5.91 Å². The van der Waals surface area contributed by atoms with Crippen molar-refractivity contribution in [2.24, 2.45) is 17.6 Å². The Kier molecular flexibility index (Phi) is 2.05. The van der Waals surface area contributed by atoms with Crippen LogP contribution in [-0.4, -0.2) is 30.4 Å². The summed E-state index contributed by atoms with van der Waals surface area (Å²) in [5.74, 6) is 1.32. The van der Waals surface area contributed by atoms with Crippen molar-refractivity contribution in [3.63, 3.8) is 0 Å². The predicted octanol–water partition coefficient (Wildman–Crippen LogP) is 0.204. The van der Waals surface area contributed by atoms with Crippen molar-refractivity contribution >= 4 is 5.91 Å². The molecule has 3 nitrogen and oxygen atoms in total. The molecule has 1 aliphatic heterocycles. The third-order valence-corrected chi connectivity index (χ3v) is 3.06. The Balaban J connectivity index is 1.76. The van der Waals surface area contributed by atoms with Crippen molar-refractivity contribution in [2.75, 3.05) is 19.6 Å². The first-order chi connectivity index (χ1) is 5.81. The van der Waals surface area contributed by atoms with Crippen LogP contribution < -0.4 is 5.73 Å². The van der Waals surface area contributed by atoms with E-state index in [1.807, 2.05) is 4.90 Å². The van der Waals surface area contributed by atoms with Gasteiger partial charge in [-0.25, -0.2) is 0 Å². The highest BCUT2D eigenvalue weighted by Crippen LogP contribution is 2.30. The monoisotopic (exact) mass is 168 g/mol. The molecule has 0 atom stereocenters. The van der Waals surface area contributed by atoms with Gasteiger partial charge >= 0.3 is 0 Å². The molecule has 0 bridgehead atoms. The van der Waals surface area contributed by atoms with E-state index in [-0.39, 0.29) is 0 Å². The number of carbonyl (C=O) groups is 1. The average Bonchev–Trinajstić information content (AvgIpc) is 1.80. The van der Waals surface area contributed by atoms with E-state index in [9.17, 15) is 4.79 Å². The summed E-state index contributed by atoms with van der Waals surface area (Å²) in [6.07, 6.45) is 3.47.